The minimum absolute atomic E-state index is 0.160. The van der Waals surface area contributed by atoms with Crippen molar-refractivity contribution in [3.63, 3.8) is 0 Å². The molecule has 0 radical (unpaired) electrons. The molecule has 10 heteroatoms. The van der Waals surface area contributed by atoms with Crippen molar-refractivity contribution in [1.82, 2.24) is 4.31 Å². The van der Waals surface area contributed by atoms with Gasteiger partial charge in [0.15, 0.2) is 0 Å². The average Bonchev–Trinajstić information content (AvgIpc) is 3.05. The molecule has 0 amide bonds. The summed E-state index contributed by atoms with van der Waals surface area (Å²) < 4.78 is 94.7. The SMILES string of the molecule is O=S(=O)(c1ccccc1)N1[C@H]2C=C[C@H](C2)[C@@]1(C(F)(F)F)C(F)(F)Cl. The lowest BCUT2D eigenvalue weighted by atomic mass is 9.85. The second-order valence-corrected chi connectivity index (χ2v) is 7.96. The van der Waals surface area contributed by atoms with Gasteiger partial charge in [-0.2, -0.15) is 26.3 Å². The number of rotatable bonds is 3. The van der Waals surface area contributed by atoms with Crippen molar-refractivity contribution in [3.05, 3.63) is 42.5 Å². The fourth-order valence-corrected chi connectivity index (χ4v) is 5.86. The minimum atomic E-state index is -5.57. The molecule has 1 saturated heterocycles. The fourth-order valence-electron chi connectivity index (χ4n) is 3.49. The maximum Gasteiger partial charge on any atom is 0.415 e. The predicted molar refractivity (Wildman–Crippen MR) is 76.1 cm³/mol. The molecule has 1 aromatic rings. The van der Waals surface area contributed by atoms with Crippen molar-refractivity contribution < 1.29 is 30.4 Å². The van der Waals surface area contributed by atoms with E-state index in [-0.39, 0.29) is 4.31 Å². The van der Waals surface area contributed by atoms with Gasteiger partial charge in [0.1, 0.15) is 0 Å². The summed E-state index contributed by atoms with van der Waals surface area (Å²) >= 11 is 4.87. The summed E-state index contributed by atoms with van der Waals surface area (Å²) in [6, 6.07) is 4.83. The topological polar surface area (TPSA) is 37.4 Å². The van der Waals surface area contributed by atoms with Crippen LogP contribution in [0.25, 0.3) is 0 Å². The van der Waals surface area contributed by atoms with Crippen LogP contribution in [0, 0.1) is 5.92 Å². The first-order valence-electron chi connectivity index (χ1n) is 6.85. The lowest BCUT2D eigenvalue weighted by Crippen LogP contribution is -2.70. The lowest BCUT2D eigenvalue weighted by Gasteiger charge is -2.46. The highest BCUT2D eigenvalue weighted by Crippen LogP contribution is 2.62. The van der Waals surface area contributed by atoms with Gasteiger partial charge in [-0.3, -0.25) is 0 Å². The molecule has 24 heavy (non-hydrogen) atoms. The maximum atomic E-state index is 14.0. The van der Waals surface area contributed by atoms with Gasteiger partial charge in [0.2, 0.25) is 15.6 Å². The van der Waals surface area contributed by atoms with Gasteiger partial charge in [-0.1, -0.05) is 30.4 Å². The van der Waals surface area contributed by atoms with Crippen molar-refractivity contribution in [3.8, 4) is 0 Å². The minimum Gasteiger partial charge on any atom is -0.207 e. The Morgan fingerprint density at radius 1 is 1.08 bits per heavy atom. The van der Waals surface area contributed by atoms with Gasteiger partial charge in [0.25, 0.3) is 0 Å². The first kappa shape index (κ1) is 17.6. The molecule has 1 aromatic carbocycles. The molecule has 1 heterocycles. The molecule has 0 unspecified atom stereocenters. The Morgan fingerprint density at radius 2 is 1.67 bits per heavy atom. The zero-order valence-corrected chi connectivity index (χ0v) is 13.4. The molecule has 3 atom stereocenters. The van der Waals surface area contributed by atoms with E-state index in [0.717, 1.165) is 18.2 Å². The van der Waals surface area contributed by atoms with Crippen LogP contribution in [-0.2, 0) is 10.0 Å². The van der Waals surface area contributed by atoms with E-state index in [1.807, 2.05) is 0 Å². The Hall–Kier alpha value is -1.19. The molecule has 132 valence electrons. The molecular weight excluding hydrogens is 377 g/mol. The highest BCUT2D eigenvalue weighted by molar-refractivity contribution is 7.89. The van der Waals surface area contributed by atoms with Gasteiger partial charge in [-0.25, -0.2) is 8.42 Å². The smallest absolute Gasteiger partial charge is 0.207 e. The van der Waals surface area contributed by atoms with Crippen molar-refractivity contribution >= 4 is 21.6 Å². The van der Waals surface area contributed by atoms with E-state index < -0.39 is 50.4 Å². The van der Waals surface area contributed by atoms with E-state index in [1.165, 1.54) is 24.3 Å². The lowest BCUT2D eigenvalue weighted by molar-refractivity contribution is -0.269. The third-order valence-corrected chi connectivity index (χ3v) is 6.64. The molecular formula is C14H11ClF5NO2S. The number of halogens is 6. The number of benzene rings is 1. The van der Waals surface area contributed by atoms with Crippen LogP contribution in [-0.4, -0.2) is 35.9 Å². The third-order valence-electron chi connectivity index (χ3n) is 4.41. The van der Waals surface area contributed by atoms with Gasteiger partial charge in [0.05, 0.1) is 4.90 Å². The summed E-state index contributed by atoms with van der Waals surface area (Å²) in [5, 5.41) is -4.84. The fraction of sp³-hybridized carbons (Fsp3) is 0.429. The van der Waals surface area contributed by atoms with Gasteiger partial charge >= 0.3 is 11.6 Å². The summed E-state index contributed by atoms with van der Waals surface area (Å²) in [6.07, 6.45) is -3.80. The number of alkyl halides is 6. The van der Waals surface area contributed by atoms with E-state index in [0.29, 0.717) is 0 Å². The van der Waals surface area contributed by atoms with Crippen LogP contribution in [0.5, 0.6) is 0 Å². The summed E-state index contributed by atoms with van der Waals surface area (Å²) in [5.41, 5.74) is -4.02. The van der Waals surface area contributed by atoms with E-state index in [1.54, 1.807) is 0 Å². The Kier molecular flexibility index (Phi) is 3.79. The number of hydrogen-bond donors (Lipinski definition) is 0. The third kappa shape index (κ3) is 2.14. The molecule has 1 fully saturated rings. The monoisotopic (exact) mass is 387 g/mol. The van der Waals surface area contributed by atoms with Crippen LogP contribution < -0.4 is 0 Å². The van der Waals surface area contributed by atoms with Crippen molar-refractivity contribution in [1.29, 1.82) is 0 Å². The molecule has 2 aliphatic rings. The van der Waals surface area contributed by atoms with Crippen molar-refractivity contribution in [2.24, 2.45) is 5.92 Å². The average molecular weight is 388 g/mol. The highest BCUT2D eigenvalue weighted by atomic mass is 35.5. The number of fused-ring (bicyclic) bond motifs is 2. The Balaban J connectivity index is 2.28. The Labute approximate surface area is 139 Å². The second kappa shape index (κ2) is 5.15. The van der Waals surface area contributed by atoms with Crippen LogP contribution in [0.15, 0.2) is 47.4 Å². The predicted octanol–water partition coefficient (Wildman–Crippen LogP) is 3.77. The normalized spacial score (nSPS) is 30.9. The zero-order valence-electron chi connectivity index (χ0n) is 11.8. The van der Waals surface area contributed by atoms with Gasteiger partial charge in [-0.15, -0.1) is 0 Å². The Morgan fingerprint density at radius 3 is 2.17 bits per heavy atom. The largest absolute Gasteiger partial charge is 0.415 e. The number of hydrogen-bond acceptors (Lipinski definition) is 2. The van der Waals surface area contributed by atoms with Gasteiger partial charge < -0.3 is 0 Å². The quantitative estimate of drug-likeness (QED) is 0.450. The molecule has 3 rings (SSSR count). The summed E-state index contributed by atoms with van der Waals surface area (Å²) in [7, 11) is -4.85. The first-order valence-corrected chi connectivity index (χ1v) is 8.67. The zero-order chi connectivity index (χ0) is 18.0. The highest BCUT2D eigenvalue weighted by Gasteiger charge is 2.81. The van der Waals surface area contributed by atoms with E-state index in [2.05, 4.69) is 0 Å². The number of nitrogens with zero attached hydrogens (tertiary/aromatic N) is 1. The van der Waals surface area contributed by atoms with Crippen LogP contribution in [0.2, 0.25) is 0 Å². The van der Waals surface area contributed by atoms with Gasteiger partial charge in [0, 0.05) is 12.0 Å². The molecule has 0 spiro atoms. The van der Waals surface area contributed by atoms with Gasteiger partial charge in [-0.05, 0) is 30.2 Å². The standard InChI is InChI=1S/C14H11ClF5NO2S/c15-13(16,17)12(14(18,19)20)9-6-7-10(8-9)21(12)24(22,23)11-4-2-1-3-5-11/h1-7,9-10H,8H2/t9-,10+,12+/m1/s1. The molecule has 0 N–H and O–H groups in total. The van der Waals surface area contributed by atoms with Crippen LogP contribution in [0.1, 0.15) is 6.42 Å². The first-order chi connectivity index (χ1) is 10.9. The summed E-state index contributed by atoms with van der Waals surface area (Å²) in [5.74, 6) is -1.76. The van der Waals surface area contributed by atoms with Crippen molar-refractivity contribution in [2.75, 3.05) is 0 Å². The van der Waals surface area contributed by atoms with E-state index >= 15 is 0 Å². The van der Waals surface area contributed by atoms with Crippen molar-refractivity contribution in [2.45, 2.75) is 34.5 Å². The van der Waals surface area contributed by atoms with E-state index in [4.69, 9.17) is 11.6 Å². The molecule has 1 aliphatic carbocycles. The van der Waals surface area contributed by atoms with Crippen LogP contribution in [0.3, 0.4) is 0 Å². The molecule has 0 aromatic heterocycles. The molecule has 1 aliphatic heterocycles. The summed E-state index contributed by atoms with van der Waals surface area (Å²) in [4.78, 5) is -0.500. The second-order valence-electron chi connectivity index (χ2n) is 5.67. The van der Waals surface area contributed by atoms with Crippen LogP contribution in [0.4, 0.5) is 22.0 Å². The Bertz CT molecular complexity index is 759. The number of sulfonamides is 1. The maximum absolute atomic E-state index is 14.0. The summed E-state index contributed by atoms with van der Waals surface area (Å²) in [6.45, 7) is 0. The molecule has 0 saturated carbocycles. The van der Waals surface area contributed by atoms with E-state index in [9.17, 15) is 30.4 Å². The van der Waals surface area contributed by atoms with Crippen LogP contribution >= 0.6 is 11.6 Å². The molecule has 2 bridgehead atoms. The molecule has 3 nitrogen and oxygen atoms in total.